The second kappa shape index (κ2) is 4.90. The van der Waals surface area contributed by atoms with Gasteiger partial charge in [-0.1, -0.05) is 0 Å². The molecular formula is C16H24F2O3. The molecule has 4 aliphatic rings. The number of alkyl halides is 2. The van der Waals surface area contributed by atoms with E-state index in [4.69, 9.17) is 0 Å². The monoisotopic (exact) mass is 302 g/mol. The second-order valence-corrected chi connectivity index (χ2v) is 7.81. The van der Waals surface area contributed by atoms with Crippen LogP contribution in [0.2, 0.25) is 0 Å². The fourth-order valence-electron chi connectivity index (χ4n) is 5.43. The highest BCUT2D eigenvalue weighted by Gasteiger charge is 2.56. The van der Waals surface area contributed by atoms with E-state index in [0.29, 0.717) is 25.2 Å². The third-order valence-corrected chi connectivity index (χ3v) is 5.59. The first-order valence-electron chi connectivity index (χ1n) is 7.97. The Morgan fingerprint density at radius 1 is 1.29 bits per heavy atom. The zero-order valence-corrected chi connectivity index (χ0v) is 12.5. The number of hydrogen-bond acceptors (Lipinski definition) is 3. The van der Waals surface area contributed by atoms with Crippen LogP contribution in [0.3, 0.4) is 0 Å². The molecule has 120 valence electrons. The van der Waals surface area contributed by atoms with Gasteiger partial charge in [-0.3, -0.25) is 0 Å². The summed E-state index contributed by atoms with van der Waals surface area (Å²) in [6, 6.07) is 0. The van der Waals surface area contributed by atoms with Gasteiger partial charge in [-0.15, -0.1) is 0 Å². The number of aliphatic hydroxyl groups is 1. The first kappa shape index (κ1) is 15.2. The third-order valence-electron chi connectivity index (χ3n) is 5.59. The molecule has 1 N–H and O–H groups in total. The van der Waals surface area contributed by atoms with Crippen LogP contribution >= 0.6 is 0 Å². The summed E-state index contributed by atoms with van der Waals surface area (Å²) >= 11 is 0. The molecule has 0 aromatic heterocycles. The van der Waals surface area contributed by atoms with Crippen LogP contribution in [0.5, 0.6) is 0 Å². The van der Waals surface area contributed by atoms with E-state index in [-0.39, 0.29) is 12.0 Å². The van der Waals surface area contributed by atoms with Crippen molar-refractivity contribution in [3.8, 4) is 0 Å². The first-order chi connectivity index (χ1) is 9.70. The Morgan fingerprint density at radius 2 is 1.90 bits per heavy atom. The van der Waals surface area contributed by atoms with Crippen LogP contribution in [0.1, 0.15) is 58.3 Å². The molecule has 4 aliphatic carbocycles. The van der Waals surface area contributed by atoms with Crippen molar-refractivity contribution in [1.29, 1.82) is 0 Å². The lowest BCUT2D eigenvalue weighted by Crippen LogP contribution is -2.55. The highest BCUT2D eigenvalue weighted by molar-refractivity contribution is 5.76. The van der Waals surface area contributed by atoms with Gasteiger partial charge in [-0.2, -0.15) is 8.78 Å². The van der Waals surface area contributed by atoms with E-state index < -0.39 is 17.5 Å². The summed E-state index contributed by atoms with van der Waals surface area (Å²) in [5, 5.41) is 10.6. The molecule has 0 amide bonds. The van der Waals surface area contributed by atoms with Crippen molar-refractivity contribution < 1.29 is 23.4 Å². The number of halogens is 2. The van der Waals surface area contributed by atoms with Crippen LogP contribution in [0.4, 0.5) is 8.78 Å². The normalized spacial score (nSPS) is 41.3. The quantitative estimate of drug-likeness (QED) is 0.626. The Balaban J connectivity index is 1.51. The molecule has 0 aliphatic heterocycles. The second-order valence-electron chi connectivity index (χ2n) is 7.81. The first-order valence-corrected chi connectivity index (χ1v) is 7.97. The van der Waals surface area contributed by atoms with Crippen LogP contribution in [0, 0.1) is 17.3 Å². The molecule has 4 bridgehead atoms. The zero-order valence-electron chi connectivity index (χ0n) is 12.5. The molecule has 2 atom stereocenters. The molecule has 5 heteroatoms. The standard InChI is InChI=1S/C16H24F2O3/c1-14(17,18)13(19)21-4-2-3-15-6-11-5-12(7-15)9-16(20,8-11)10-15/h11-12,20H,2-10H2,1H3. The van der Waals surface area contributed by atoms with Crippen LogP contribution < -0.4 is 0 Å². The van der Waals surface area contributed by atoms with Gasteiger partial charge in [0.15, 0.2) is 0 Å². The minimum Gasteiger partial charge on any atom is -0.461 e. The summed E-state index contributed by atoms with van der Waals surface area (Å²) in [7, 11) is 0. The van der Waals surface area contributed by atoms with Crippen LogP contribution in [0.15, 0.2) is 0 Å². The molecule has 4 saturated carbocycles. The Kier molecular flexibility index (Phi) is 3.55. The molecule has 0 spiro atoms. The molecule has 0 aromatic rings. The van der Waals surface area contributed by atoms with Gasteiger partial charge < -0.3 is 9.84 Å². The number of hydrogen-bond donors (Lipinski definition) is 1. The number of esters is 1. The minimum atomic E-state index is -3.41. The predicted octanol–water partition coefficient (Wildman–Crippen LogP) is 3.30. The largest absolute Gasteiger partial charge is 0.461 e. The number of carbonyl (C=O) groups excluding carboxylic acids is 1. The van der Waals surface area contributed by atoms with E-state index in [0.717, 1.165) is 38.5 Å². The van der Waals surface area contributed by atoms with Crippen molar-refractivity contribution in [3.05, 3.63) is 0 Å². The summed E-state index contributed by atoms with van der Waals surface area (Å²) in [6.07, 6.45) is 7.70. The molecule has 0 heterocycles. The Bertz CT molecular complexity index is 416. The van der Waals surface area contributed by atoms with Gasteiger partial charge in [0.05, 0.1) is 12.2 Å². The van der Waals surface area contributed by atoms with E-state index in [9.17, 15) is 18.7 Å². The molecule has 0 saturated heterocycles. The number of ether oxygens (including phenoxy) is 1. The van der Waals surface area contributed by atoms with Gasteiger partial charge in [-0.05, 0) is 68.6 Å². The lowest BCUT2D eigenvalue weighted by atomic mass is 9.47. The fraction of sp³-hybridized carbons (Fsp3) is 0.938. The molecule has 2 unspecified atom stereocenters. The van der Waals surface area contributed by atoms with Gasteiger partial charge in [0.25, 0.3) is 0 Å². The van der Waals surface area contributed by atoms with E-state index in [1.54, 1.807) is 0 Å². The van der Waals surface area contributed by atoms with Gasteiger partial charge in [0.2, 0.25) is 0 Å². The van der Waals surface area contributed by atoms with Gasteiger partial charge in [0.1, 0.15) is 0 Å². The highest BCUT2D eigenvalue weighted by atomic mass is 19.3. The third kappa shape index (κ3) is 3.08. The Labute approximate surface area is 124 Å². The zero-order chi connectivity index (χ0) is 15.3. The van der Waals surface area contributed by atoms with Gasteiger partial charge >= 0.3 is 11.9 Å². The van der Waals surface area contributed by atoms with E-state index in [1.165, 1.54) is 6.42 Å². The van der Waals surface area contributed by atoms with Crippen molar-refractivity contribution in [1.82, 2.24) is 0 Å². The maximum atomic E-state index is 12.7. The average molecular weight is 302 g/mol. The lowest BCUT2D eigenvalue weighted by Gasteiger charge is -2.60. The molecule has 0 radical (unpaired) electrons. The average Bonchev–Trinajstić information content (AvgIpc) is 2.30. The van der Waals surface area contributed by atoms with Crippen LogP contribution in [-0.4, -0.2) is 29.2 Å². The molecule has 0 aromatic carbocycles. The lowest BCUT2D eigenvalue weighted by molar-refractivity contribution is -0.173. The topological polar surface area (TPSA) is 46.5 Å². The van der Waals surface area contributed by atoms with Crippen molar-refractivity contribution in [3.63, 3.8) is 0 Å². The van der Waals surface area contributed by atoms with Crippen molar-refractivity contribution in [2.45, 2.75) is 69.8 Å². The van der Waals surface area contributed by atoms with Crippen LogP contribution in [0.25, 0.3) is 0 Å². The van der Waals surface area contributed by atoms with Gasteiger partial charge in [0, 0.05) is 6.92 Å². The van der Waals surface area contributed by atoms with Crippen molar-refractivity contribution in [2.75, 3.05) is 6.61 Å². The number of rotatable bonds is 5. The highest BCUT2D eigenvalue weighted by Crippen LogP contribution is 2.63. The molecular weight excluding hydrogens is 278 g/mol. The van der Waals surface area contributed by atoms with E-state index in [1.807, 2.05) is 0 Å². The summed E-state index contributed by atoms with van der Waals surface area (Å²) < 4.78 is 30.0. The summed E-state index contributed by atoms with van der Waals surface area (Å²) in [5.41, 5.74) is -0.336. The Morgan fingerprint density at radius 3 is 2.43 bits per heavy atom. The summed E-state index contributed by atoms with van der Waals surface area (Å²) in [6.45, 7) is 0.613. The molecule has 4 rings (SSSR count). The molecule has 3 nitrogen and oxygen atoms in total. The summed E-state index contributed by atoms with van der Waals surface area (Å²) in [4.78, 5) is 11.0. The van der Waals surface area contributed by atoms with Gasteiger partial charge in [-0.25, -0.2) is 4.79 Å². The van der Waals surface area contributed by atoms with E-state index >= 15 is 0 Å². The molecule has 21 heavy (non-hydrogen) atoms. The van der Waals surface area contributed by atoms with Crippen molar-refractivity contribution in [2.24, 2.45) is 17.3 Å². The molecule has 4 fully saturated rings. The smallest absolute Gasteiger partial charge is 0.376 e. The predicted molar refractivity (Wildman–Crippen MR) is 72.9 cm³/mol. The SMILES string of the molecule is CC(F)(F)C(=O)OCCCC12CC3CC(CC(O)(C3)C1)C2. The summed E-state index contributed by atoms with van der Waals surface area (Å²) in [5.74, 6) is -3.60. The maximum Gasteiger partial charge on any atom is 0.376 e. The minimum absolute atomic E-state index is 0.0533. The van der Waals surface area contributed by atoms with E-state index in [2.05, 4.69) is 4.74 Å². The maximum absolute atomic E-state index is 12.7. The van der Waals surface area contributed by atoms with Crippen LogP contribution in [-0.2, 0) is 9.53 Å². The van der Waals surface area contributed by atoms with Crippen molar-refractivity contribution >= 4 is 5.97 Å². The Hall–Kier alpha value is -0.710. The number of carbonyl (C=O) groups is 1. The fourth-order valence-corrected chi connectivity index (χ4v) is 5.43.